The van der Waals surface area contributed by atoms with E-state index in [0.29, 0.717) is 39.3 Å². The number of ether oxygens (including phenoxy) is 1. The number of Topliss-reactive ketones (excluding diaryl/α,β-unsaturated/α-hetero) is 1. The molecule has 31 heavy (non-hydrogen) atoms. The van der Waals surface area contributed by atoms with E-state index in [-0.39, 0.29) is 17.1 Å². The number of hydrogen-bond donors (Lipinski definition) is 3. The number of carboxylic acids is 1. The standard InChI is InChI=1S/C25H22O6/c1-25(2,3)23(28)13-4-7-16(19(10-13)24(29)30)22-17-8-5-14(26)11-20(17)31-21-12-15(27)6-9-18(21)22/h4-12,14,26-27H,1-3H3,(H,29,30). The van der Waals surface area contributed by atoms with Crippen LogP contribution in [0.25, 0.3) is 5.57 Å². The lowest BCUT2D eigenvalue weighted by atomic mass is 9.82. The number of carbonyl (C=O) groups is 2. The van der Waals surface area contributed by atoms with Crippen molar-refractivity contribution >= 4 is 17.3 Å². The fourth-order valence-corrected chi connectivity index (χ4v) is 3.74. The molecule has 6 nitrogen and oxygen atoms in total. The van der Waals surface area contributed by atoms with Crippen molar-refractivity contribution in [2.24, 2.45) is 5.41 Å². The molecule has 1 heterocycles. The van der Waals surface area contributed by atoms with Crippen LogP contribution < -0.4 is 4.74 Å². The van der Waals surface area contributed by atoms with E-state index < -0.39 is 17.5 Å². The number of hydrogen-bond acceptors (Lipinski definition) is 5. The Bertz CT molecular complexity index is 1210. The van der Waals surface area contributed by atoms with Crippen LogP contribution in [0.2, 0.25) is 0 Å². The average Bonchev–Trinajstić information content (AvgIpc) is 2.70. The third-order valence-electron chi connectivity index (χ3n) is 5.23. The highest BCUT2D eigenvalue weighted by molar-refractivity contribution is 6.05. The summed E-state index contributed by atoms with van der Waals surface area (Å²) in [6, 6.07) is 9.25. The van der Waals surface area contributed by atoms with Crippen molar-refractivity contribution in [2.75, 3.05) is 0 Å². The van der Waals surface area contributed by atoms with E-state index in [0.717, 1.165) is 0 Å². The molecule has 0 amide bonds. The first-order valence-corrected chi connectivity index (χ1v) is 9.83. The topological polar surface area (TPSA) is 104 Å². The van der Waals surface area contributed by atoms with Crippen LogP contribution in [0.15, 0.2) is 66.0 Å². The zero-order valence-corrected chi connectivity index (χ0v) is 17.3. The minimum absolute atomic E-state index is 0.00127. The van der Waals surface area contributed by atoms with E-state index in [2.05, 4.69) is 0 Å². The largest absolute Gasteiger partial charge is 0.508 e. The van der Waals surface area contributed by atoms with Crippen LogP contribution in [-0.4, -0.2) is 33.2 Å². The Morgan fingerprint density at radius 2 is 1.74 bits per heavy atom. The van der Waals surface area contributed by atoms with Gasteiger partial charge in [0.15, 0.2) is 5.78 Å². The summed E-state index contributed by atoms with van der Waals surface area (Å²) >= 11 is 0. The molecule has 2 aromatic carbocycles. The molecule has 4 rings (SSSR count). The van der Waals surface area contributed by atoms with Gasteiger partial charge in [-0.05, 0) is 29.8 Å². The molecular formula is C25H22O6. The Morgan fingerprint density at radius 3 is 2.42 bits per heavy atom. The van der Waals surface area contributed by atoms with Crippen molar-refractivity contribution in [3.05, 3.63) is 88.2 Å². The molecule has 0 spiro atoms. The zero-order chi connectivity index (χ0) is 22.5. The van der Waals surface area contributed by atoms with Gasteiger partial charge >= 0.3 is 5.97 Å². The normalized spacial score (nSPS) is 17.4. The summed E-state index contributed by atoms with van der Waals surface area (Å²) < 4.78 is 5.88. The number of benzene rings is 2. The number of aliphatic hydroxyl groups excluding tert-OH is 1. The maximum absolute atomic E-state index is 12.7. The first-order valence-electron chi connectivity index (χ1n) is 9.83. The first-order chi connectivity index (χ1) is 14.6. The number of aromatic carboxylic acids is 1. The van der Waals surface area contributed by atoms with E-state index >= 15 is 0 Å². The average molecular weight is 418 g/mol. The minimum atomic E-state index is -1.16. The summed E-state index contributed by atoms with van der Waals surface area (Å²) in [5.74, 6) is -0.604. The van der Waals surface area contributed by atoms with Crippen molar-refractivity contribution < 1.29 is 29.6 Å². The van der Waals surface area contributed by atoms with Gasteiger partial charge in [0, 0.05) is 33.8 Å². The molecule has 1 unspecified atom stereocenters. The lowest BCUT2D eigenvalue weighted by molar-refractivity contribution is 0.0696. The van der Waals surface area contributed by atoms with Crippen molar-refractivity contribution in [3.63, 3.8) is 0 Å². The van der Waals surface area contributed by atoms with Gasteiger partial charge in [-0.1, -0.05) is 45.1 Å². The molecule has 0 bridgehead atoms. The minimum Gasteiger partial charge on any atom is -0.508 e. The molecule has 1 aliphatic heterocycles. The van der Waals surface area contributed by atoms with Crippen LogP contribution in [0.5, 0.6) is 11.5 Å². The van der Waals surface area contributed by atoms with Gasteiger partial charge in [-0.15, -0.1) is 0 Å². The predicted octanol–water partition coefficient (Wildman–Crippen LogP) is 4.33. The fourth-order valence-electron chi connectivity index (χ4n) is 3.74. The molecule has 2 aromatic rings. The maximum Gasteiger partial charge on any atom is 0.336 e. The van der Waals surface area contributed by atoms with Crippen LogP contribution in [0, 0.1) is 5.41 Å². The zero-order valence-electron chi connectivity index (χ0n) is 17.3. The molecule has 1 aliphatic carbocycles. The van der Waals surface area contributed by atoms with Crippen molar-refractivity contribution in [1.82, 2.24) is 0 Å². The van der Waals surface area contributed by atoms with E-state index in [1.807, 2.05) is 0 Å². The first kappa shape index (κ1) is 20.6. The number of carboxylic acid groups (broad SMARTS) is 1. The van der Waals surface area contributed by atoms with Gasteiger partial charge in [0.2, 0.25) is 0 Å². The van der Waals surface area contributed by atoms with Gasteiger partial charge in [-0.3, -0.25) is 4.79 Å². The van der Waals surface area contributed by atoms with Gasteiger partial charge in [0.05, 0.1) is 11.7 Å². The Morgan fingerprint density at radius 1 is 1.03 bits per heavy atom. The van der Waals surface area contributed by atoms with E-state index in [1.165, 1.54) is 24.3 Å². The molecule has 1 atom stereocenters. The number of aliphatic hydroxyl groups is 1. The van der Waals surface area contributed by atoms with Crippen molar-refractivity contribution in [3.8, 4) is 11.5 Å². The van der Waals surface area contributed by atoms with E-state index in [4.69, 9.17) is 4.74 Å². The summed E-state index contributed by atoms with van der Waals surface area (Å²) in [5, 5.41) is 29.8. The molecule has 0 saturated heterocycles. The van der Waals surface area contributed by atoms with Gasteiger partial charge < -0.3 is 20.1 Å². The summed E-state index contributed by atoms with van der Waals surface area (Å²) in [7, 11) is 0. The third kappa shape index (κ3) is 3.66. The van der Waals surface area contributed by atoms with Crippen molar-refractivity contribution in [2.45, 2.75) is 26.9 Å². The number of fused-ring (bicyclic) bond motifs is 2. The molecule has 2 aliphatic rings. The SMILES string of the molecule is CC(C)(C)C(=O)c1ccc(C2=C3C=CC(O)C=C3Oc3cc(O)ccc32)c(C(=O)O)c1. The van der Waals surface area contributed by atoms with Crippen LogP contribution in [-0.2, 0) is 0 Å². The van der Waals surface area contributed by atoms with Crippen molar-refractivity contribution in [1.29, 1.82) is 0 Å². The quantitative estimate of drug-likeness (QED) is 0.641. The summed E-state index contributed by atoms with van der Waals surface area (Å²) in [6.07, 6.45) is 3.93. The summed E-state index contributed by atoms with van der Waals surface area (Å²) in [6.45, 7) is 5.35. The number of rotatable bonds is 3. The fraction of sp³-hybridized carbons (Fsp3) is 0.200. The highest BCUT2D eigenvalue weighted by Crippen LogP contribution is 2.45. The molecular weight excluding hydrogens is 396 g/mol. The number of allylic oxidation sites excluding steroid dienone is 1. The lowest BCUT2D eigenvalue weighted by Gasteiger charge is -2.28. The molecule has 6 heteroatoms. The molecule has 158 valence electrons. The number of phenolic OH excluding ortho intramolecular Hbond substituents is 1. The third-order valence-corrected chi connectivity index (χ3v) is 5.23. The van der Waals surface area contributed by atoms with E-state index in [9.17, 15) is 24.9 Å². The second kappa shape index (κ2) is 7.25. The molecule has 0 aromatic heterocycles. The molecule has 3 N–H and O–H groups in total. The van der Waals surface area contributed by atoms with Gasteiger partial charge in [0.1, 0.15) is 17.3 Å². The molecule has 0 radical (unpaired) electrons. The van der Waals surface area contributed by atoms with Gasteiger partial charge in [-0.2, -0.15) is 0 Å². The molecule has 0 saturated carbocycles. The molecule has 0 fully saturated rings. The highest BCUT2D eigenvalue weighted by Gasteiger charge is 2.31. The predicted molar refractivity (Wildman–Crippen MR) is 115 cm³/mol. The van der Waals surface area contributed by atoms with Gasteiger partial charge in [0.25, 0.3) is 0 Å². The van der Waals surface area contributed by atoms with Crippen LogP contribution in [0.4, 0.5) is 0 Å². The summed E-state index contributed by atoms with van der Waals surface area (Å²) in [4.78, 5) is 24.9. The second-order valence-electron chi connectivity index (χ2n) is 8.60. The van der Waals surface area contributed by atoms with Crippen LogP contribution >= 0.6 is 0 Å². The second-order valence-corrected chi connectivity index (χ2v) is 8.60. The Labute approximate surface area is 179 Å². The lowest BCUT2D eigenvalue weighted by Crippen LogP contribution is -2.21. The van der Waals surface area contributed by atoms with Crippen LogP contribution in [0.3, 0.4) is 0 Å². The number of carbonyl (C=O) groups excluding carboxylic acids is 1. The number of ketones is 1. The maximum atomic E-state index is 12.7. The smallest absolute Gasteiger partial charge is 0.336 e. The number of aromatic hydroxyl groups is 1. The monoisotopic (exact) mass is 418 g/mol. The Kier molecular flexibility index (Phi) is 4.82. The number of phenols is 1. The van der Waals surface area contributed by atoms with Crippen LogP contribution in [0.1, 0.15) is 52.6 Å². The highest BCUT2D eigenvalue weighted by atomic mass is 16.5. The summed E-state index contributed by atoms with van der Waals surface area (Å²) in [5.41, 5.74) is 1.86. The van der Waals surface area contributed by atoms with Gasteiger partial charge in [-0.25, -0.2) is 4.79 Å². The Hall–Kier alpha value is -3.64. The van der Waals surface area contributed by atoms with E-state index in [1.54, 1.807) is 51.1 Å². The Balaban J connectivity index is 1.99.